The van der Waals surface area contributed by atoms with Gasteiger partial charge in [0.05, 0.1) is 12.6 Å². The van der Waals surface area contributed by atoms with E-state index in [1.165, 1.54) is 0 Å². The van der Waals surface area contributed by atoms with Crippen molar-refractivity contribution in [2.24, 2.45) is 11.7 Å². The molecule has 6 nitrogen and oxygen atoms in total. The number of benzene rings is 1. The van der Waals surface area contributed by atoms with Gasteiger partial charge >= 0.3 is 0 Å². The van der Waals surface area contributed by atoms with E-state index in [0.717, 1.165) is 5.56 Å². The fourth-order valence-corrected chi connectivity index (χ4v) is 2.68. The molecule has 1 atom stereocenters. The van der Waals surface area contributed by atoms with Crippen molar-refractivity contribution in [3.8, 4) is 0 Å². The second kappa shape index (κ2) is 10.4. The predicted octanol–water partition coefficient (Wildman–Crippen LogP) is 0.852. The summed E-state index contributed by atoms with van der Waals surface area (Å²) in [5, 5.41) is 2.93. The van der Waals surface area contributed by atoms with Crippen LogP contribution in [0, 0.1) is 5.92 Å². The molecule has 0 bridgehead atoms. The van der Waals surface area contributed by atoms with Crippen LogP contribution in [-0.2, 0) is 16.1 Å². The van der Waals surface area contributed by atoms with E-state index in [1.54, 1.807) is 0 Å². The van der Waals surface area contributed by atoms with Crippen molar-refractivity contribution in [3.05, 3.63) is 35.9 Å². The number of nitrogens with two attached hydrogens (primary N) is 1. The highest BCUT2D eigenvalue weighted by Crippen LogP contribution is 2.07. The lowest BCUT2D eigenvalue weighted by Gasteiger charge is -2.36. The molecule has 1 heterocycles. The number of carbonyl (C=O) groups excluding carboxylic acids is 2. The maximum Gasteiger partial charge on any atom is 0.239 e. The molecule has 1 saturated heterocycles. The van der Waals surface area contributed by atoms with Crippen LogP contribution >= 0.6 is 12.4 Å². The first-order valence-electron chi connectivity index (χ1n) is 8.54. The normalized spacial score (nSPS) is 16.2. The van der Waals surface area contributed by atoms with Gasteiger partial charge in [-0.2, -0.15) is 0 Å². The molecule has 1 aliphatic rings. The van der Waals surface area contributed by atoms with Crippen molar-refractivity contribution < 1.29 is 9.59 Å². The van der Waals surface area contributed by atoms with Crippen LogP contribution in [0.1, 0.15) is 19.4 Å². The first-order valence-corrected chi connectivity index (χ1v) is 8.54. The molecule has 0 spiro atoms. The zero-order valence-corrected chi connectivity index (χ0v) is 15.8. The van der Waals surface area contributed by atoms with Crippen LogP contribution in [0.15, 0.2) is 30.3 Å². The highest BCUT2D eigenvalue weighted by atomic mass is 35.5. The molecule has 0 aromatic heterocycles. The smallest absolute Gasteiger partial charge is 0.239 e. The summed E-state index contributed by atoms with van der Waals surface area (Å²) in [4.78, 5) is 28.2. The summed E-state index contributed by atoms with van der Waals surface area (Å²) in [5.74, 6) is 0.162. The zero-order chi connectivity index (χ0) is 17.5. The molecule has 3 N–H and O–H groups in total. The first kappa shape index (κ1) is 21.4. The standard InChI is InChI=1S/C18H28N4O2.ClH/c1-14(2)17(19)18(24)22-10-8-21(9-11-22)13-16(23)20-12-15-6-4-3-5-7-15;/h3-7,14,17H,8-13,19H2,1-2H3,(H,20,23);1H/t17-;/m0./s1. The van der Waals surface area contributed by atoms with E-state index in [2.05, 4.69) is 10.2 Å². The number of halogens is 1. The van der Waals surface area contributed by atoms with E-state index in [9.17, 15) is 9.59 Å². The Morgan fingerprint density at radius 1 is 1.12 bits per heavy atom. The summed E-state index contributed by atoms with van der Waals surface area (Å²) in [6.45, 7) is 7.49. The topological polar surface area (TPSA) is 78.7 Å². The fraction of sp³-hybridized carbons (Fsp3) is 0.556. The van der Waals surface area contributed by atoms with Gasteiger partial charge in [-0.05, 0) is 11.5 Å². The van der Waals surface area contributed by atoms with Gasteiger partial charge in [0.25, 0.3) is 0 Å². The van der Waals surface area contributed by atoms with E-state index < -0.39 is 6.04 Å². The molecule has 1 aliphatic heterocycles. The van der Waals surface area contributed by atoms with Crippen LogP contribution < -0.4 is 11.1 Å². The molecule has 0 unspecified atom stereocenters. The van der Waals surface area contributed by atoms with Gasteiger partial charge in [0.1, 0.15) is 0 Å². The highest BCUT2D eigenvalue weighted by molar-refractivity contribution is 5.85. The average molecular weight is 369 g/mol. The Bertz CT molecular complexity index is 545. The highest BCUT2D eigenvalue weighted by Gasteiger charge is 2.27. The number of amides is 2. The van der Waals surface area contributed by atoms with E-state index in [-0.39, 0.29) is 30.1 Å². The number of hydrogen-bond acceptors (Lipinski definition) is 4. The zero-order valence-electron chi connectivity index (χ0n) is 15.0. The molecule has 0 aliphatic carbocycles. The van der Waals surface area contributed by atoms with Crippen molar-refractivity contribution >= 4 is 24.2 Å². The second-order valence-electron chi connectivity index (χ2n) is 6.63. The van der Waals surface area contributed by atoms with Crippen molar-refractivity contribution in [3.63, 3.8) is 0 Å². The Hall–Kier alpha value is -1.63. The monoisotopic (exact) mass is 368 g/mol. The van der Waals surface area contributed by atoms with E-state index in [1.807, 2.05) is 49.1 Å². The van der Waals surface area contributed by atoms with Gasteiger partial charge in [0.15, 0.2) is 0 Å². The van der Waals surface area contributed by atoms with Crippen molar-refractivity contribution in [2.75, 3.05) is 32.7 Å². The van der Waals surface area contributed by atoms with Crippen LogP contribution in [0.2, 0.25) is 0 Å². The predicted molar refractivity (Wildman–Crippen MR) is 101 cm³/mol. The minimum atomic E-state index is -0.439. The van der Waals surface area contributed by atoms with E-state index in [4.69, 9.17) is 5.73 Å². The van der Waals surface area contributed by atoms with Gasteiger partial charge in [0.2, 0.25) is 11.8 Å². The Labute approximate surface area is 156 Å². The summed E-state index contributed by atoms with van der Waals surface area (Å²) in [7, 11) is 0. The van der Waals surface area contributed by atoms with E-state index >= 15 is 0 Å². The molecule has 0 saturated carbocycles. The van der Waals surface area contributed by atoms with Gasteiger partial charge in [-0.15, -0.1) is 12.4 Å². The fourth-order valence-electron chi connectivity index (χ4n) is 2.68. The largest absolute Gasteiger partial charge is 0.351 e. The Balaban J connectivity index is 0.00000312. The van der Waals surface area contributed by atoms with Gasteiger partial charge in [-0.25, -0.2) is 0 Å². The lowest BCUT2D eigenvalue weighted by molar-refractivity contribution is -0.135. The van der Waals surface area contributed by atoms with Gasteiger partial charge in [-0.1, -0.05) is 44.2 Å². The molecule has 1 fully saturated rings. The van der Waals surface area contributed by atoms with Crippen LogP contribution in [0.3, 0.4) is 0 Å². The number of nitrogens with zero attached hydrogens (tertiary/aromatic N) is 2. The van der Waals surface area contributed by atoms with Crippen molar-refractivity contribution in [1.29, 1.82) is 0 Å². The number of nitrogens with one attached hydrogen (secondary N) is 1. The molecule has 2 amide bonds. The van der Waals surface area contributed by atoms with Crippen LogP contribution in [-0.4, -0.2) is 60.4 Å². The van der Waals surface area contributed by atoms with Gasteiger partial charge in [-0.3, -0.25) is 14.5 Å². The lowest BCUT2D eigenvalue weighted by atomic mass is 10.0. The number of piperazine rings is 1. The van der Waals surface area contributed by atoms with Crippen LogP contribution in [0.4, 0.5) is 0 Å². The summed E-state index contributed by atoms with van der Waals surface area (Å²) in [6.07, 6.45) is 0. The molecular weight excluding hydrogens is 340 g/mol. The van der Waals surface area contributed by atoms with Crippen molar-refractivity contribution in [2.45, 2.75) is 26.4 Å². The SMILES string of the molecule is CC(C)[C@H](N)C(=O)N1CCN(CC(=O)NCc2ccccc2)CC1.Cl. The Morgan fingerprint density at radius 3 is 2.28 bits per heavy atom. The molecule has 140 valence electrons. The van der Waals surface area contributed by atoms with E-state index in [0.29, 0.717) is 39.3 Å². The number of carbonyl (C=O) groups is 2. The van der Waals surface area contributed by atoms with Crippen LogP contribution in [0.5, 0.6) is 0 Å². The maximum atomic E-state index is 12.2. The molecule has 2 rings (SSSR count). The molecule has 1 aromatic carbocycles. The average Bonchev–Trinajstić information content (AvgIpc) is 2.60. The first-order chi connectivity index (χ1) is 11.5. The maximum absolute atomic E-state index is 12.2. The quantitative estimate of drug-likeness (QED) is 0.780. The number of hydrogen-bond donors (Lipinski definition) is 2. The van der Waals surface area contributed by atoms with Crippen LogP contribution in [0.25, 0.3) is 0 Å². The summed E-state index contributed by atoms with van der Waals surface area (Å²) in [6, 6.07) is 9.41. The second-order valence-corrected chi connectivity index (χ2v) is 6.63. The van der Waals surface area contributed by atoms with Gasteiger partial charge in [0, 0.05) is 32.7 Å². The molecule has 1 aromatic rings. The molecule has 25 heavy (non-hydrogen) atoms. The van der Waals surface area contributed by atoms with Crippen molar-refractivity contribution in [1.82, 2.24) is 15.1 Å². The lowest BCUT2D eigenvalue weighted by Crippen LogP contribution is -2.55. The minimum absolute atomic E-state index is 0. The summed E-state index contributed by atoms with van der Waals surface area (Å²) < 4.78 is 0. The summed E-state index contributed by atoms with van der Waals surface area (Å²) in [5.41, 5.74) is 7.02. The third kappa shape index (κ3) is 6.65. The Morgan fingerprint density at radius 2 is 1.72 bits per heavy atom. The molecule has 7 heteroatoms. The third-order valence-electron chi connectivity index (χ3n) is 4.39. The Kier molecular flexibility index (Phi) is 8.89. The van der Waals surface area contributed by atoms with Gasteiger partial charge < -0.3 is 16.0 Å². The molecular formula is C18H29ClN4O2. The summed E-state index contributed by atoms with van der Waals surface area (Å²) >= 11 is 0. The third-order valence-corrected chi connectivity index (χ3v) is 4.39. The molecule has 0 radical (unpaired) electrons. The minimum Gasteiger partial charge on any atom is -0.351 e. The number of rotatable bonds is 6.